The summed E-state index contributed by atoms with van der Waals surface area (Å²) < 4.78 is 1.82. The van der Waals surface area contributed by atoms with Crippen LogP contribution in [0, 0.1) is 10.2 Å². The summed E-state index contributed by atoms with van der Waals surface area (Å²) in [6.45, 7) is 7.37. The van der Waals surface area contributed by atoms with E-state index in [0.29, 0.717) is 22.0 Å². The molecule has 0 fully saturated rings. The SMILES string of the molecule is CC[C@@H](O)[C@@H]([C@H](C(=O)C(C)(C)C)c1ccc(Cl)cc1Cl)n1[nH]cnc1=S. The minimum absolute atomic E-state index is 0.0595. The number of carbonyl (C=O) groups is 1. The molecule has 3 atom stereocenters. The summed E-state index contributed by atoms with van der Waals surface area (Å²) in [7, 11) is 0. The van der Waals surface area contributed by atoms with Gasteiger partial charge in [0.05, 0.1) is 18.1 Å². The number of ketones is 1. The number of halogens is 2. The summed E-state index contributed by atoms with van der Waals surface area (Å²) in [4.78, 5) is 17.4. The normalized spacial score (nSPS) is 15.5. The molecule has 2 rings (SSSR count). The Kier molecular flexibility index (Phi) is 6.66. The van der Waals surface area contributed by atoms with Crippen molar-refractivity contribution >= 4 is 41.2 Å². The number of aliphatic hydroxyl groups excluding tert-OH is 1. The van der Waals surface area contributed by atoms with E-state index in [9.17, 15) is 9.90 Å². The molecule has 2 aromatic rings. The number of aliphatic hydroxyl groups is 1. The molecule has 0 aliphatic rings. The molecular formula is C18H23Cl2N3O2S. The van der Waals surface area contributed by atoms with Gasteiger partial charge in [-0.15, -0.1) is 0 Å². The van der Waals surface area contributed by atoms with Gasteiger partial charge in [0.1, 0.15) is 12.1 Å². The second-order valence-electron chi connectivity index (χ2n) is 7.26. The lowest BCUT2D eigenvalue weighted by atomic mass is 9.75. The molecule has 0 saturated carbocycles. The van der Waals surface area contributed by atoms with Gasteiger partial charge in [-0.2, -0.15) is 0 Å². The van der Waals surface area contributed by atoms with Gasteiger partial charge in [-0.25, -0.2) is 4.98 Å². The van der Waals surface area contributed by atoms with Gasteiger partial charge in [-0.3, -0.25) is 14.6 Å². The van der Waals surface area contributed by atoms with E-state index in [-0.39, 0.29) is 10.6 Å². The van der Waals surface area contributed by atoms with Crippen LogP contribution in [0.5, 0.6) is 0 Å². The molecule has 0 unspecified atom stereocenters. The summed E-state index contributed by atoms with van der Waals surface area (Å²) in [5, 5.41) is 14.6. The van der Waals surface area contributed by atoms with E-state index < -0.39 is 23.5 Å². The highest BCUT2D eigenvalue weighted by Crippen LogP contribution is 2.41. The van der Waals surface area contributed by atoms with Crippen molar-refractivity contribution in [3.63, 3.8) is 0 Å². The minimum Gasteiger partial charge on any atom is -0.391 e. The molecule has 1 aromatic heterocycles. The summed E-state index contributed by atoms with van der Waals surface area (Å²) in [6.07, 6.45) is 1.05. The van der Waals surface area contributed by atoms with Crippen molar-refractivity contribution < 1.29 is 9.90 Å². The molecule has 0 saturated heterocycles. The highest BCUT2D eigenvalue weighted by molar-refractivity contribution is 7.71. The Morgan fingerprint density at radius 1 is 1.38 bits per heavy atom. The van der Waals surface area contributed by atoms with E-state index in [1.807, 2.05) is 27.7 Å². The fourth-order valence-corrected chi connectivity index (χ4v) is 3.72. The van der Waals surface area contributed by atoms with Crippen LogP contribution in [0.4, 0.5) is 0 Å². The van der Waals surface area contributed by atoms with Crippen molar-refractivity contribution in [2.45, 2.75) is 52.2 Å². The summed E-state index contributed by atoms with van der Waals surface area (Å²) in [5.41, 5.74) is -0.0494. The highest BCUT2D eigenvalue weighted by Gasteiger charge is 2.41. The molecule has 5 nitrogen and oxygen atoms in total. The van der Waals surface area contributed by atoms with Gasteiger partial charge >= 0.3 is 0 Å². The second-order valence-corrected chi connectivity index (χ2v) is 8.47. The van der Waals surface area contributed by atoms with Crippen LogP contribution in [0.1, 0.15) is 51.6 Å². The Morgan fingerprint density at radius 2 is 2.04 bits per heavy atom. The molecule has 0 aliphatic carbocycles. The molecule has 0 radical (unpaired) electrons. The van der Waals surface area contributed by atoms with Gasteiger partial charge in [-0.1, -0.05) is 57.0 Å². The van der Waals surface area contributed by atoms with Crippen molar-refractivity contribution in [2.75, 3.05) is 0 Å². The number of hydrogen-bond acceptors (Lipinski definition) is 4. The summed E-state index contributed by atoms with van der Waals surface area (Å²) in [5.74, 6) is -0.780. The largest absolute Gasteiger partial charge is 0.391 e. The fraction of sp³-hybridized carbons (Fsp3) is 0.500. The first-order chi connectivity index (χ1) is 12.1. The third kappa shape index (κ3) is 4.36. The Balaban J connectivity index is 2.73. The summed E-state index contributed by atoms with van der Waals surface area (Å²) in [6, 6.07) is 4.35. The number of Topliss-reactive ketones (excluding diaryl/α,β-unsaturated/α-hetero) is 1. The maximum atomic E-state index is 13.4. The quantitative estimate of drug-likeness (QED) is 0.653. The number of H-pyrrole nitrogens is 1. The van der Waals surface area contributed by atoms with E-state index in [1.165, 1.54) is 6.33 Å². The molecular weight excluding hydrogens is 393 g/mol. The molecule has 1 aromatic carbocycles. The molecule has 1 heterocycles. The average molecular weight is 416 g/mol. The first-order valence-electron chi connectivity index (χ1n) is 8.37. The van der Waals surface area contributed by atoms with Gasteiger partial charge in [0.15, 0.2) is 0 Å². The first-order valence-corrected chi connectivity index (χ1v) is 9.53. The maximum absolute atomic E-state index is 13.4. The van der Waals surface area contributed by atoms with E-state index in [4.69, 9.17) is 35.4 Å². The van der Waals surface area contributed by atoms with Crippen LogP contribution >= 0.6 is 35.4 Å². The van der Waals surface area contributed by atoms with Crippen LogP contribution in [0.25, 0.3) is 0 Å². The fourth-order valence-electron chi connectivity index (χ4n) is 2.96. The van der Waals surface area contributed by atoms with Gasteiger partial charge in [0.2, 0.25) is 4.77 Å². The van der Waals surface area contributed by atoms with E-state index >= 15 is 0 Å². The number of aromatic amines is 1. The van der Waals surface area contributed by atoms with Crippen molar-refractivity contribution in [3.8, 4) is 0 Å². The first kappa shape index (κ1) is 21.1. The molecule has 26 heavy (non-hydrogen) atoms. The topological polar surface area (TPSA) is 70.9 Å². The number of nitrogens with one attached hydrogen (secondary N) is 1. The van der Waals surface area contributed by atoms with Crippen LogP contribution in [-0.4, -0.2) is 31.8 Å². The lowest BCUT2D eigenvalue weighted by Crippen LogP contribution is -2.39. The number of hydrogen-bond donors (Lipinski definition) is 2. The number of rotatable bonds is 6. The number of carbonyl (C=O) groups excluding carboxylic acids is 1. The molecule has 0 spiro atoms. The molecule has 0 aliphatic heterocycles. The van der Waals surface area contributed by atoms with Crippen molar-refractivity contribution in [3.05, 3.63) is 44.9 Å². The van der Waals surface area contributed by atoms with Crippen LogP contribution in [0.2, 0.25) is 10.0 Å². The minimum atomic E-state index is -0.829. The Hall–Kier alpha value is -1.21. The molecule has 0 bridgehead atoms. The molecule has 0 amide bonds. The van der Waals surface area contributed by atoms with Crippen LogP contribution in [-0.2, 0) is 4.79 Å². The van der Waals surface area contributed by atoms with E-state index in [1.54, 1.807) is 22.9 Å². The predicted molar refractivity (Wildman–Crippen MR) is 106 cm³/mol. The lowest BCUT2D eigenvalue weighted by molar-refractivity contribution is -0.130. The lowest BCUT2D eigenvalue weighted by Gasteiger charge is -2.34. The monoisotopic (exact) mass is 415 g/mol. The molecule has 8 heteroatoms. The third-order valence-electron chi connectivity index (χ3n) is 4.35. The van der Waals surface area contributed by atoms with Crippen LogP contribution in [0.15, 0.2) is 24.5 Å². The molecule has 2 N–H and O–H groups in total. The highest BCUT2D eigenvalue weighted by atomic mass is 35.5. The second kappa shape index (κ2) is 8.21. The van der Waals surface area contributed by atoms with Crippen LogP contribution < -0.4 is 0 Å². The zero-order chi connectivity index (χ0) is 19.6. The summed E-state index contributed by atoms with van der Waals surface area (Å²) >= 11 is 17.7. The average Bonchev–Trinajstić information content (AvgIpc) is 2.97. The Bertz CT molecular complexity index is 841. The number of benzene rings is 1. The zero-order valence-electron chi connectivity index (χ0n) is 15.2. The number of aromatic nitrogens is 3. The van der Waals surface area contributed by atoms with Crippen molar-refractivity contribution in [1.82, 2.24) is 14.8 Å². The van der Waals surface area contributed by atoms with Gasteiger partial charge in [0, 0.05) is 15.5 Å². The van der Waals surface area contributed by atoms with E-state index in [2.05, 4.69) is 10.1 Å². The zero-order valence-corrected chi connectivity index (χ0v) is 17.5. The smallest absolute Gasteiger partial charge is 0.216 e. The van der Waals surface area contributed by atoms with Crippen molar-refractivity contribution in [2.24, 2.45) is 5.41 Å². The Morgan fingerprint density at radius 3 is 2.50 bits per heavy atom. The molecule has 142 valence electrons. The number of nitrogens with zero attached hydrogens (tertiary/aromatic N) is 2. The van der Waals surface area contributed by atoms with Gasteiger partial charge < -0.3 is 5.11 Å². The predicted octanol–water partition coefficient (Wildman–Crippen LogP) is 4.96. The van der Waals surface area contributed by atoms with Crippen LogP contribution in [0.3, 0.4) is 0 Å². The van der Waals surface area contributed by atoms with E-state index in [0.717, 1.165) is 0 Å². The van der Waals surface area contributed by atoms with Gasteiger partial charge in [0.25, 0.3) is 0 Å². The third-order valence-corrected chi connectivity index (χ3v) is 5.21. The maximum Gasteiger partial charge on any atom is 0.216 e. The Labute approximate surface area is 168 Å². The van der Waals surface area contributed by atoms with Gasteiger partial charge in [-0.05, 0) is 36.3 Å². The standard InChI is InChI=1S/C18H23Cl2N3O2S/c1-5-13(24)15(23-17(26)21-9-22-23)14(16(25)18(2,3)4)11-7-6-10(19)8-12(11)20/h6-9,13-15,24H,5H2,1-4H3,(H,21,22,26)/t13-,14-,15+/m1/s1. The van der Waals surface area contributed by atoms with Crippen molar-refractivity contribution in [1.29, 1.82) is 0 Å².